The number of ether oxygens (including phenoxy) is 2. The Morgan fingerprint density at radius 3 is 2.35 bits per heavy atom. The number of amides is 1. The van der Waals surface area contributed by atoms with Crippen molar-refractivity contribution >= 4 is 28.1 Å². The Kier molecular flexibility index (Phi) is 9.92. The summed E-state index contributed by atoms with van der Waals surface area (Å²) >= 11 is 0. The third-order valence-electron chi connectivity index (χ3n) is 2.85. The van der Waals surface area contributed by atoms with Gasteiger partial charge in [-0.05, 0) is 12.5 Å². The maximum Gasteiger partial charge on any atom is 0.408 e. The van der Waals surface area contributed by atoms with Gasteiger partial charge in [-0.2, -0.15) is 8.42 Å². The van der Waals surface area contributed by atoms with Gasteiger partial charge in [-0.1, -0.05) is 31.4 Å². The van der Waals surface area contributed by atoms with Crippen LogP contribution in [0, 0.1) is 0 Å². The molecule has 0 saturated carbocycles. The van der Waals surface area contributed by atoms with Crippen molar-refractivity contribution in [1.29, 1.82) is 0 Å². The van der Waals surface area contributed by atoms with Gasteiger partial charge in [-0.15, -0.1) is 0 Å². The molecule has 0 aromatic heterocycles. The Hall–Kier alpha value is -2.66. The summed E-state index contributed by atoms with van der Waals surface area (Å²) in [6.45, 7) is 7.98. The molecule has 0 heterocycles. The summed E-state index contributed by atoms with van der Waals surface area (Å²) in [6.07, 6.45) is 1.34. The van der Waals surface area contributed by atoms with Crippen molar-refractivity contribution in [3.8, 4) is 0 Å². The molecule has 0 radical (unpaired) electrons. The molecule has 0 aliphatic rings. The average Bonchev–Trinajstić information content (AvgIpc) is 2.53. The van der Waals surface area contributed by atoms with E-state index >= 15 is 0 Å². The number of aliphatic carboxylic acids is 1. The largest absolute Gasteiger partial charge is 0.480 e. The first-order chi connectivity index (χ1) is 12.0. The minimum atomic E-state index is -4.36. The maximum atomic E-state index is 11.7. The fraction of sp³-hybridized carbons (Fsp3) is 0.400. The quantitative estimate of drug-likeness (QED) is 0.262. The predicted molar refractivity (Wildman–Crippen MR) is 91.0 cm³/mol. The van der Waals surface area contributed by atoms with Crippen molar-refractivity contribution in [3.05, 3.63) is 37.0 Å². The molecule has 2 atom stereocenters. The van der Waals surface area contributed by atoms with Crippen LogP contribution in [0.3, 0.4) is 0 Å². The Labute approximate surface area is 150 Å². The van der Waals surface area contributed by atoms with Crippen LogP contribution >= 0.6 is 0 Å². The molecule has 2 unspecified atom stereocenters. The van der Waals surface area contributed by atoms with E-state index in [2.05, 4.69) is 13.2 Å². The minimum Gasteiger partial charge on any atom is -0.480 e. The topological polar surface area (TPSA) is 156 Å². The second kappa shape index (κ2) is 11.1. The molecule has 0 aromatic carbocycles. The summed E-state index contributed by atoms with van der Waals surface area (Å²) in [5.74, 6) is -3.42. The third kappa shape index (κ3) is 10.3. The van der Waals surface area contributed by atoms with E-state index < -0.39 is 52.5 Å². The molecule has 0 bridgehead atoms. The first kappa shape index (κ1) is 23.3. The molecule has 0 rings (SSSR count). The van der Waals surface area contributed by atoms with Gasteiger partial charge in [0, 0.05) is 0 Å². The van der Waals surface area contributed by atoms with E-state index in [-0.39, 0.29) is 6.61 Å². The number of alkyl carbamates (subject to hydrolysis) is 1. The maximum absolute atomic E-state index is 11.7. The van der Waals surface area contributed by atoms with Gasteiger partial charge < -0.3 is 19.9 Å². The van der Waals surface area contributed by atoms with E-state index in [9.17, 15) is 22.8 Å². The van der Waals surface area contributed by atoms with Gasteiger partial charge in [0.2, 0.25) is 0 Å². The normalized spacial score (nSPS) is 13.8. The highest BCUT2D eigenvalue weighted by Crippen LogP contribution is 2.04. The smallest absolute Gasteiger partial charge is 0.408 e. The summed E-state index contributed by atoms with van der Waals surface area (Å²) in [4.78, 5) is 34.4. The van der Waals surface area contributed by atoms with Crippen molar-refractivity contribution in [1.82, 2.24) is 5.32 Å². The Morgan fingerprint density at radius 1 is 1.27 bits per heavy atom. The zero-order valence-electron chi connectivity index (χ0n) is 14.1. The van der Waals surface area contributed by atoms with Gasteiger partial charge in [0.15, 0.2) is 6.04 Å². The zero-order valence-corrected chi connectivity index (χ0v) is 14.9. The first-order valence-corrected chi connectivity index (χ1v) is 8.85. The number of carboxylic acids is 1. The fourth-order valence-corrected chi connectivity index (χ4v) is 2.00. The van der Waals surface area contributed by atoms with Crippen LogP contribution in [-0.4, -0.2) is 60.6 Å². The van der Waals surface area contributed by atoms with Gasteiger partial charge in [0.1, 0.15) is 12.7 Å². The Balaban J connectivity index is 4.71. The lowest BCUT2D eigenvalue weighted by Gasteiger charge is -2.21. The van der Waals surface area contributed by atoms with Crippen LogP contribution in [-0.2, 0) is 29.2 Å². The summed E-state index contributed by atoms with van der Waals surface area (Å²) in [5, 5.41) is 11.2. The summed E-state index contributed by atoms with van der Waals surface area (Å²) in [6, 6.07) is -1.63. The highest BCUT2D eigenvalue weighted by atomic mass is 32.2. The lowest BCUT2D eigenvalue weighted by molar-refractivity contribution is -0.154. The second-order valence-electron chi connectivity index (χ2n) is 4.95. The van der Waals surface area contributed by atoms with Gasteiger partial charge >= 0.3 is 18.0 Å². The van der Waals surface area contributed by atoms with Crippen LogP contribution in [0.5, 0.6) is 0 Å². The number of allylic oxidation sites excluding steroid dienone is 2. The molecule has 0 fully saturated rings. The van der Waals surface area contributed by atoms with Crippen LogP contribution < -0.4 is 5.32 Å². The number of nitrogens with one attached hydrogen (secondary N) is 1. The molecule has 0 aliphatic carbocycles. The lowest BCUT2D eigenvalue weighted by atomic mass is 10.2. The van der Waals surface area contributed by atoms with Crippen LogP contribution in [0.1, 0.15) is 13.3 Å². The predicted octanol–water partition coefficient (Wildman–Crippen LogP) is 0.674. The van der Waals surface area contributed by atoms with E-state index in [0.717, 1.165) is 0 Å². The van der Waals surface area contributed by atoms with Gasteiger partial charge in [-0.25, -0.2) is 9.59 Å². The monoisotopic (exact) mass is 391 g/mol. The van der Waals surface area contributed by atoms with Crippen LogP contribution in [0.2, 0.25) is 0 Å². The fourth-order valence-electron chi connectivity index (χ4n) is 1.57. The molecule has 0 aliphatic heterocycles. The number of carboxylic acid groups (broad SMARTS) is 1. The number of rotatable bonds is 11. The van der Waals surface area contributed by atoms with E-state index in [0.29, 0.717) is 5.57 Å². The SMILES string of the molecule is C=C/C=C(\C=C)COC(=O)NC(C(=O)O)C(C)OC(=O)CCS(=O)(=O)O. The van der Waals surface area contributed by atoms with Crippen molar-refractivity contribution in [3.63, 3.8) is 0 Å². The van der Waals surface area contributed by atoms with Crippen molar-refractivity contribution in [2.75, 3.05) is 12.4 Å². The third-order valence-corrected chi connectivity index (χ3v) is 3.57. The van der Waals surface area contributed by atoms with Crippen molar-refractivity contribution in [2.24, 2.45) is 0 Å². The van der Waals surface area contributed by atoms with E-state index in [4.69, 9.17) is 19.1 Å². The molecule has 1 amide bonds. The zero-order chi connectivity index (χ0) is 20.3. The highest BCUT2D eigenvalue weighted by Gasteiger charge is 2.30. The van der Waals surface area contributed by atoms with Gasteiger partial charge in [-0.3, -0.25) is 9.35 Å². The molecular weight excluding hydrogens is 370 g/mol. The van der Waals surface area contributed by atoms with Crippen LogP contribution in [0.25, 0.3) is 0 Å². The van der Waals surface area contributed by atoms with E-state index in [1.54, 1.807) is 0 Å². The standard InChI is InChI=1S/C15H21NO9S/c1-4-6-11(5-2)9-24-15(20)16-13(14(18)19)10(3)25-12(17)7-8-26(21,22)23/h4-6,10,13H,1-2,7-9H2,3H3,(H,16,20)(H,18,19)(H,21,22,23)/b11-6+. The molecule has 0 aromatic rings. The number of carbonyl (C=O) groups is 3. The number of hydrogen-bond donors (Lipinski definition) is 3. The first-order valence-electron chi connectivity index (χ1n) is 7.25. The van der Waals surface area contributed by atoms with Gasteiger partial charge in [0.25, 0.3) is 10.1 Å². The van der Waals surface area contributed by atoms with Crippen molar-refractivity contribution in [2.45, 2.75) is 25.5 Å². The molecule has 146 valence electrons. The molecule has 11 heteroatoms. The van der Waals surface area contributed by atoms with E-state index in [1.807, 2.05) is 5.32 Å². The molecule has 0 saturated heterocycles. The van der Waals surface area contributed by atoms with Crippen LogP contribution in [0.4, 0.5) is 4.79 Å². The number of hydrogen-bond acceptors (Lipinski definition) is 7. The summed E-state index contributed by atoms with van der Waals surface area (Å²) in [7, 11) is -4.36. The van der Waals surface area contributed by atoms with E-state index in [1.165, 1.54) is 25.2 Å². The lowest BCUT2D eigenvalue weighted by Crippen LogP contribution is -2.49. The van der Waals surface area contributed by atoms with Crippen LogP contribution in [0.15, 0.2) is 37.0 Å². The molecule has 0 spiro atoms. The minimum absolute atomic E-state index is 0.184. The Morgan fingerprint density at radius 2 is 1.88 bits per heavy atom. The average molecular weight is 391 g/mol. The number of carbonyl (C=O) groups excluding carboxylic acids is 2. The van der Waals surface area contributed by atoms with Crippen molar-refractivity contribution < 1.29 is 41.9 Å². The van der Waals surface area contributed by atoms with Gasteiger partial charge in [0.05, 0.1) is 12.2 Å². The summed E-state index contributed by atoms with van der Waals surface area (Å²) in [5.41, 5.74) is 0.520. The Bertz CT molecular complexity index is 681. The molecule has 3 N–H and O–H groups in total. The molecule has 10 nitrogen and oxygen atoms in total. The molecular formula is C15H21NO9S. The second-order valence-corrected chi connectivity index (χ2v) is 6.52. The molecule has 26 heavy (non-hydrogen) atoms. The highest BCUT2D eigenvalue weighted by molar-refractivity contribution is 7.85. The number of esters is 1. The summed E-state index contributed by atoms with van der Waals surface area (Å²) < 4.78 is 39.3.